The highest BCUT2D eigenvalue weighted by atomic mass is 16.5. The van der Waals surface area contributed by atoms with Crippen LogP contribution >= 0.6 is 0 Å². The molecule has 1 unspecified atom stereocenters. The average Bonchev–Trinajstić information content (AvgIpc) is 2.75. The van der Waals surface area contributed by atoms with Crippen LogP contribution in [-0.2, 0) is 10.3 Å². The molecular weight excluding hydrogens is 328 g/mol. The lowest BCUT2D eigenvalue weighted by molar-refractivity contribution is -0.00807. The monoisotopic (exact) mass is 354 g/mol. The van der Waals surface area contributed by atoms with E-state index in [0.717, 1.165) is 29.5 Å². The predicted octanol–water partition coefficient (Wildman–Crippen LogP) is 6.04. The molecule has 1 atom stereocenters. The summed E-state index contributed by atoms with van der Waals surface area (Å²) in [6, 6.07) is 31.4. The summed E-state index contributed by atoms with van der Waals surface area (Å²) in [4.78, 5) is 0. The molecule has 0 bridgehead atoms. The van der Waals surface area contributed by atoms with Crippen LogP contribution in [0.1, 0.15) is 36.5 Å². The molecule has 0 spiro atoms. The van der Waals surface area contributed by atoms with Crippen molar-refractivity contribution in [2.75, 3.05) is 6.61 Å². The Hall–Kier alpha value is -2.82. The Kier molecular flexibility index (Phi) is 6.47. The number of terminal acetylenes is 1. The standard InChI is InChI=1S/C26H26O/c1-3-14-22(4-2)21-27-26(23-15-8-5-9-16-23,24-17-10-6-11-18-24)25-19-12-7-13-20-25/h1,5-13,15-20,22H,4,14,21H2,2H3. The van der Waals surface area contributed by atoms with Crippen LogP contribution in [0.4, 0.5) is 0 Å². The van der Waals surface area contributed by atoms with Crippen LogP contribution in [0.5, 0.6) is 0 Å². The Morgan fingerprint density at radius 2 is 1.19 bits per heavy atom. The third-order valence-corrected chi connectivity index (χ3v) is 5.06. The molecule has 0 aliphatic carbocycles. The third-order valence-electron chi connectivity index (χ3n) is 5.06. The zero-order valence-corrected chi connectivity index (χ0v) is 15.8. The van der Waals surface area contributed by atoms with Gasteiger partial charge < -0.3 is 4.74 Å². The maximum absolute atomic E-state index is 6.80. The van der Waals surface area contributed by atoms with E-state index in [0.29, 0.717) is 12.5 Å². The van der Waals surface area contributed by atoms with Gasteiger partial charge in [-0.2, -0.15) is 0 Å². The average molecular weight is 354 g/mol. The first kappa shape index (κ1) is 19.0. The van der Waals surface area contributed by atoms with Crippen molar-refractivity contribution in [2.45, 2.75) is 25.4 Å². The van der Waals surface area contributed by atoms with Crippen molar-refractivity contribution in [3.05, 3.63) is 108 Å². The summed E-state index contributed by atoms with van der Waals surface area (Å²) in [5.41, 5.74) is 2.71. The summed E-state index contributed by atoms with van der Waals surface area (Å²) >= 11 is 0. The largest absolute Gasteiger partial charge is 0.361 e. The molecule has 27 heavy (non-hydrogen) atoms. The molecule has 0 heterocycles. The van der Waals surface area contributed by atoms with Gasteiger partial charge in [-0.15, -0.1) is 12.3 Å². The summed E-state index contributed by atoms with van der Waals surface area (Å²) in [5.74, 6) is 3.13. The zero-order chi connectivity index (χ0) is 19.0. The lowest BCUT2D eigenvalue weighted by atomic mass is 9.80. The normalized spacial score (nSPS) is 12.3. The summed E-state index contributed by atoms with van der Waals surface area (Å²) < 4.78 is 6.80. The number of hydrogen-bond donors (Lipinski definition) is 0. The van der Waals surface area contributed by atoms with Crippen molar-refractivity contribution in [1.29, 1.82) is 0 Å². The van der Waals surface area contributed by atoms with E-state index in [1.165, 1.54) is 0 Å². The van der Waals surface area contributed by atoms with Crippen molar-refractivity contribution < 1.29 is 4.74 Å². The van der Waals surface area contributed by atoms with Crippen molar-refractivity contribution >= 4 is 0 Å². The number of hydrogen-bond acceptors (Lipinski definition) is 1. The SMILES string of the molecule is C#CCC(CC)COC(c1ccccc1)(c1ccccc1)c1ccccc1. The molecule has 136 valence electrons. The highest BCUT2D eigenvalue weighted by molar-refractivity contribution is 5.47. The van der Waals surface area contributed by atoms with Crippen molar-refractivity contribution in [3.63, 3.8) is 0 Å². The van der Waals surface area contributed by atoms with Crippen molar-refractivity contribution in [1.82, 2.24) is 0 Å². The van der Waals surface area contributed by atoms with E-state index < -0.39 is 5.60 Å². The van der Waals surface area contributed by atoms with Crippen LogP contribution < -0.4 is 0 Å². The van der Waals surface area contributed by atoms with E-state index in [-0.39, 0.29) is 0 Å². The summed E-state index contributed by atoms with van der Waals surface area (Å²) in [7, 11) is 0. The van der Waals surface area contributed by atoms with E-state index >= 15 is 0 Å². The van der Waals surface area contributed by atoms with E-state index in [2.05, 4.69) is 85.6 Å². The molecule has 3 rings (SSSR count). The molecule has 1 heteroatoms. The van der Waals surface area contributed by atoms with Crippen LogP contribution in [-0.4, -0.2) is 6.61 Å². The van der Waals surface area contributed by atoms with Crippen LogP contribution in [0.2, 0.25) is 0 Å². The molecule has 0 aromatic heterocycles. The topological polar surface area (TPSA) is 9.23 Å². The van der Waals surface area contributed by atoms with Crippen molar-refractivity contribution in [2.24, 2.45) is 5.92 Å². The van der Waals surface area contributed by atoms with E-state index in [4.69, 9.17) is 11.2 Å². The van der Waals surface area contributed by atoms with Gasteiger partial charge in [0.15, 0.2) is 0 Å². The molecule has 0 saturated carbocycles. The Labute approximate surface area is 163 Å². The minimum atomic E-state index is -0.661. The number of ether oxygens (including phenoxy) is 1. The Bertz CT molecular complexity index is 750. The van der Waals surface area contributed by atoms with Crippen LogP contribution in [0.15, 0.2) is 91.0 Å². The molecule has 1 nitrogen and oxygen atoms in total. The quantitative estimate of drug-likeness (QED) is 0.354. The summed E-state index contributed by atoms with van der Waals surface area (Å²) in [5, 5.41) is 0. The Balaban J connectivity index is 2.15. The van der Waals surface area contributed by atoms with Gasteiger partial charge in [-0.25, -0.2) is 0 Å². The Morgan fingerprint density at radius 1 is 0.778 bits per heavy atom. The van der Waals surface area contributed by atoms with E-state index in [9.17, 15) is 0 Å². The minimum Gasteiger partial charge on any atom is -0.361 e. The van der Waals surface area contributed by atoms with Crippen molar-refractivity contribution in [3.8, 4) is 12.3 Å². The maximum atomic E-state index is 6.80. The predicted molar refractivity (Wildman–Crippen MR) is 112 cm³/mol. The van der Waals surface area contributed by atoms with E-state index in [1.807, 2.05) is 18.2 Å². The number of benzene rings is 3. The molecular formula is C26H26O. The van der Waals surface area contributed by atoms with Gasteiger partial charge in [0.05, 0.1) is 6.61 Å². The minimum absolute atomic E-state index is 0.338. The molecule has 0 aliphatic rings. The molecule has 0 aliphatic heterocycles. The highest BCUT2D eigenvalue weighted by Gasteiger charge is 2.37. The molecule has 0 amide bonds. The van der Waals surface area contributed by atoms with Gasteiger partial charge in [-0.05, 0) is 22.6 Å². The smallest absolute Gasteiger partial charge is 0.143 e. The van der Waals surface area contributed by atoms with Crippen LogP contribution in [0.3, 0.4) is 0 Å². The molecule has 3 aromatic carbocycles. The molecule has 3 aromatic rings. The first-order chi connectivity index (χ1) is 13.3. The maximum Gasteiger partial charge on any atom is 0.143 e. The van der Waals surface area contributed by atoms with Gasteiger partial charge in [0.25, 0.3) is 0 Å². The van der Waals surface area contributed by atoms with E-state index in [1.54, 1.807) is 0 Å². The first-order valence-electron chi connectivity index (χ1n) is 9.55. The molecule has 0 saturated heterocycles. The number of rotatable bonds is 8. The van der Waals surface area contributed by atoms with Crippen LogP contribution in [0.25, 0.3) is 0 Å². The second-order valence-corrected chi connectivity index (χ2v) is 6.77. The highest BCUT2D eigenvalue weighted by Crippen LogP contribution is 2.40. The van der Waals surface area contributed by atoms with Gasteiger partial charge >= 0.3 is 0 Å². The molecule has 0 N–H and O–H groups in total. The molecule has 0 fully saturated rings. The first-order valence-corrected chi connectivity index (χ1v) is 9.55. The second-order valence-electron chi connectivity index (χ2n) is 6.77. The Morgan fingerprint density at radius 3 is 1.52 bits per heavy atom. The lowest BCUT2D eigenvalue weighted by Gasteiger charge is -2.37. The van der Waals surface area contributed by atoms with Gasteiger partial charge in [0, 0.05) is 6.42 Å². The summed E-state index contributed by atoms with van der Waals surface area (Å²) in [6.45, 7) is 2.78. The fraction of sp³-hybridized carbons (Fsp3) is 0.231. The van der Waals surface area contributed by atoms with Gasteiger partial charge in [-0.3, -0.25) is 0 Å². The third kappa shape index (κ3) is 4.13. The van der Waals surface area contributed by atoms with Gasteiger partial charge in [0.2, 0.25) is 0 Å². The summed E-state index contributed by atoms with van der Waals surface area (Å²) in [6.07, 6.45) is 7.30. The fourth-order valence-electron chi connectivity index (χ4n) is 3.50. The fourth-order valence-corrected chi connectivity index (χ4v) is 3.50. The zero-order valence-electron chi connectivity index (χ0n) is 15.8. The second kappa shape index (κ2) is 9.21. The molecule has 0 radical (unpaired) electrons. The van der Waals surface area contributed by atoms with Crippen LogP contribution in [0, 0.1) is 18.3 Å². The van der Waals surface area contributed by atoms with Gasteiger partial charge in [-0.1, -0.05) is 104 Å². The lowest BCUT2D eigenvalue weighted by Crippen LogP contribution is -2.34. The van der Waals surface area contributed by atoms with Gasteiger partial charge in [0.1, 0.15) is 5.60 Å².